The molecule has 3 aromatic rings. The quantitative estimate of drug-likeness (QED) is 0.655. The van der Waals surface area contributed by atoms with Crippen LogP contribution in [0.25, 0.3) is 22.3 Å². The van der Waals surface area contributed by atoms with Crippen molar-refractivity contribution in [3.63, 3.8) is 0 Å². The maximum absolute atomic E-state index is 12.7. The molecule has 0 radical (unpaired) electrons. The topological polar surface area (TPSA) is 65.5 Å². The van der Waals surface area contributed by atoms with Crippen molar-refractivity contribution in [1.29, 1.82) is 0 Å². The summed E-state index contributed by atoms with van der Waals surface area (Å²) in [5.41, 5.74) is 9.06. The molecule has 0 atom stereocenters. The Morgan fingerprint density at radius 1 is 1.11 bits per heavy atom. The van der Waals surface area contributed by atoms with E-state index in [9.17, 15) is 4.79 Å². The Labute approximate surface area is 165 Å². The summed E-state index contributed by atoms with van der Waals surface area (Å²) in [5.74, 6) is 1.33. The van der Waals surface area contributed by atoms with E-state index in [4.69, 9.17) is 14.9 Å². The van der Waals surface area contributed by atoms with Crippen LogP contribution in [0.2, 0.25) is 0 Å². The molecule has 0 amide bonds. The van der Waals surface area contributed by atoms with E-state index in [0.29, 0.717) is 22.3 Å². The molecule has 27 heavy (non-hydrogen) atoms. The summed E-state index contributed by atoms with van der Waals surface area (Å²) < 4.78 is 11.6. The van der Waals surface area contributed by atoms with E-state index in [1.807, 2.05) is 36.4 Å². The molecule has 0 saturated carbocycles. The first-order valence-electron chi connectivity index (χ1n) is 8.95. The Morgan fingerprint density at radius 3 is 2.41 bits per heavy atom. The van der Waals surface area contributed by atoms with E-state index in [1.54, 1.807) is 20.1 Å². The number of halogens is 1. The minimum Gasteiger partial charge on any atom is -0.496 e. The fourth-order valence-electron chi connectivity index (χ4n) is 3.38. The summed E-state index contributed by atoms with van der Waals surface area (Å²) in [6.07, 6.45) is 1.56. The van der Waals surface area contributed by atoms with Crippen LogP contribution >= 0.6 is 12.4 Å². The summed E-state index contributed by atoms with van der Waals surface area (Å²) in [7, 11) is 1.64. The Balaban J connectivity index is 0.00000261. The zero-order valence-corrected chi connectivity index (χ0v) is 17.0. The van der Waals surface area contributed by atoms with Crippen LogP contribution in [0.1, 0.15) is 37.8 Å². The van der Waals surface area contributed by atoms with Gasteiger partial charge in [-0.2, -0.15) is 0 Å². The Kier molecular flexibility index (Phi) is 6.34. The molecule has 0 spiro atoms. The molecule has 2 N–H and O–H groups in total. The maximum Gasteiger partial charge on any atom is 0.196 e. The van der Waals surface area contributed by atoms with Gasteiger partial charge in [-0.1, -0.05) is 26.0 Å². The minimum absolute atomic E-state index is 0. The lowest BCUT2D eigenvalue weighted by molar-refractivity contribution is 0.362. The highest BCUT2D eigenvalue weighted by Crippen LogP contribution is 2.37. The largest absolute Gasteiger partial charge is 0.496 e. The molecule has 0 unspecified atom stereocenters. The average Bonchev–Trinajstić information content (AvgIpc) is 2.69. The van der Waals surface area contributed by atoms with Gasteiger partial charge in [-0.25, -0.2) is 0 Å². The normalized spacial score (nSPS) is 11.3. The van der Waals surface area contributed by atoms with Gasteiger partial charge in [0.1, 0.15) is 17.1 Å². The number of ether oxygens (including phenoxy) is 1. The van der Waals surface area contributed by atoms with Crippen LogP contribution in [-0.4, -0.2) is 7.11 Å². The molecule has 0 fully saturated rings. The molecule has 0 aliphatic rings. The summed E-state index contributed by atoms with van der Waals surface area (Å²) in [5, 5.41) is 0.595. The lowest BCUT2D eigenvalue weighted by atomic mass is 9.84. The molecular weight excluding hydrogens is 362 g/mol. The summed E-state index contributed by atoms with van der Waals surface area (Å²) >= 11 is 0. The summed E-state index contributed by atoms with van der Waals surface area (Å²) in [6.45, 7) is 5.93. The molecule has 0 saturated heterocycles. The summed E-state index contributed by atoms with van der Waals surface area (Å²) in [4.78, 5) is 12.7. The van der Waals surface area contributed by atoms with Crippen LogP contribution in [0, 0.1) is 6.92 Å². The third kappa shape index (κ3) is 3.60. The van der Waals surface area contributed by atoms with Crippen LogP contribution in [0.3, 0.4) is 0 Å². The summed E-state index contributed by atoms with van der Waals surface area (Å²) in [6, 6.07) is 13.1. The minimum atomic E-state index is -0.494. The van der Waals surface area contributed by atoms with Gasteiger partial charge in [0.25, 0.3) is 0 Å². The monoisotopic (exact) mass is 387 g/mol. The van der Waals surface area contributed by atoms with Crippen LogP contribution in [0.5, 0.6) is 5.75 Å². The van der Waals surface area contributed by atoms with Crippen molar-refractivity contribution in [1.82, 2.24) is 0 Å². The molecule has 0 aliphatic heterocycles. The lowest BCUT2D eigenvalue weighted by Crippen LogP contribution is -2.35. The highest BCUT2D eigenvalue weighted by Gasteiger charge is 2.27. The number of methoxy groups -OCH3 is 1. The molecule has 1 heterocycles. The maximum atomic E-state index is 12.7. The van der Waals surface area contributed by atoms with Crippen molar-refractivity contribution in [2.45, 2.75) is 39.2 Å². The third-order valence-corrected chi connectivity index (χ3v) is 5.28. The second-order valence-electron chi connectivity index (χ2n) is 6.66. The first-order valence-corrected chi connectivity index (χ1v) is 8.95. The molecule has 4 nitrogen and oxygen atoms in total. The van der Waals surface area contributed by atoms with Gasteiger partial charge in [0.05, 0.1) is 12.5 Å². The number of benzene rings is 2. The zero-order valence-electron chi connectivity index (χ0n) is 16.2. The van der Waals surface area contributed by atoms with E-state index in [0.717, 1.165) is 29.7 Å². The van der Waals surface area contributed by atoms with Crippen LogP contribution < -0.4 is 15.9 Å². The van der Waals surface area contributed by atoms with E-state index in [2.05, 4.69) is 13.8 Å². The van der Waals surface area contributed by atoms with Gasteiger partial charge in [-0.05, 0) is 50.1 Å². The molecule has 3 rings (SSSR count). The molecule has 2 aromatic carbocycles. The average molecular weight is 388 g/mol. The van der Waals surface area contributed by atoms with Crippen molar-refractivity contribution in [3.8, 4) is 17.1 Å². The predicted molar refractivity (Wildman–Crippen MR) is 113 cm³/mol. The number of nitrogens with two attached hydrogens (primary N) is 1. The molecule has 0 bridgehead atoms. The number of rotatable bonds is 5. The van der Waals surface area contributed by atoms with Gasteiger partial charge in [0.15, 0.2) is 5.43 Å². The second kappa shape index (κ2) is 8.15. The van der Waals surface area contributed by atoms with Gasteiger partial charge in [0, 0.05) is 22.2 Å². The van der Waals surface area contributed by atoms with E-state index < -0.39 is 5.54 Å². The SMILES string of the molecule is CCC(N)(CC)c1cc(-c2oc3ccccc3c(=O)c2C)ccc1OC.Cl. The fraction of sp³-hybridized carbons (Fsp3) is 0.318. The zero-order chi connectivity index (χ0) is 18.9. The molecule has 144 valence electrons. The molecular formula is C22H26ClNO3. The van der Waals surface area contributed by atoms with E-state index >= 15 is 0 Å². The fourth-order valence-corrected chi connectivity index (χ4v) is 3.38. The highest BCUT2D eigenvalue weighted by atomic mass is 35.5. The highest BCUT2D eigenvalue weighted by molar-refractivity contribution is 5.85. The number of para-hydroxylation sites is 1. The molecule has 0 aliphatic carbocycles. The number of hydrogen-bond acceptors (Lipinski definition) is 4. The second-order valence-corrected chi connectivity index (χ2v) is 6.66. The van der Waals surface area contributed by atoms with Gasteiger partial charge in [-0.15, -0.1) is 12.4 Å². The van der Waals surface area contributed by atoms with Gasteiger partial charge < -0.3 is 14.9 Å². The van der Waals surface area contributed by atoms with Crippen LogP contribution in [0.4, 0.5) is 0 Å². The Hall–Kier alpha value is -2.30. The number of hydrogen-bond donors (Lipinski definition) is 1. The predicted octanol–water partition coefficient (Wildman–Crippen LogP) is 5.17. The van der Waals surface area contributed by atoms with Crippen molar-refractivity contribution < 1.29 is 9.15 Å². The van der Waals surface area contributed by atoms with Gasteiger partial charge in [-0.3, -0.25) is 4.79 Å². The van der Waals surface area contributed by atoms with Crippen LogP contribution in [0.15, 0.2) is 51.7 Å². The first-order chi connectivity index (χ1) is 12.4. The van der Waals surface area contributed by atoms with Gasteiger partial charge >= 0.3 is 0 Å². The third-order valence-electron chi connectivity index (χ3n) is 5.28. The molecule has 1 aromatic heterocycles. The van der Waals surface area contributed by atoms with Crippen molar-refractivity contribution in [2.24, 2.45) is 5.73 Å². The van der Waals surface area contributed by atoms with Crippen molar-refractivity contribution in [2.75, 3.05) is 7.11 Å². The van der Waals surface area contributed by atoms with Crippen molar-refractivity contribution in [3.05, 3.63) is 63.8 Å². The van der Waals surface area contributed by atoms with Crippen molar-refractivity contribution >= 4 is 23.4 Å². The van der Waals surface area contributed by atoms with Gasteiger partial charge in [0.2, 0.25) is 0 Å². The Bertz CT molecular complexity index is 1010. The van der Waals surface area contributed by atoms with E-state index in [1.165, 1.54) is 0 Å². The number of fused-ring (bicyclic) bond motifs is 1. The van der Waals surface area contributed by atoms with E-state index in [-0.39, 0.29) is 17.8 Å². The van der Waals surface area contributed by atoms with Crippen LogP contribution in [-0.2, 0) is 5.54 Å². The smallest absolute Gasteiger partial charge is 0.196 e. The molecule has 5 heteroatoms. The Morgan fingerprint density at radius 2 is 1.78 bits per heavy atom. The lowest BCUT2D eigenvalue weighted by Gasteiger charge is -2.29. The standard InChI is InChI=1S/C22H25NO3.ClH/c1-5-22(23,6-2)17-13-15(11-12-19(17)25-4)21-14(3)20(24)16-9-7-8-10-18(16)26-21;/h7-13H,5-6,23H2,1-4H3;1H. The first kappa shape index (κ1) is 21.0.